The molecule has 3 heteroatoms. The van der Waals surface area contributed by atoms with E-state index in [1.54, 1.807) is 0 Å². The molecule has 0 bridgehead atoms. The molecule has 0 spiro atoms. The van der Waals surface area contributed by atoms with Crippen molar-refractivity contribution in [1.82, 2.24) is 9.55 Å². The van der Waals surface area contributed by atoms with Crippen molar-refractivity contribution in [2.75, 3.05) is 0 Å². The van der Waals surface area contributed by atoms with Crippen molar-refractivity contribution in [3.8, 4) is 39.1 Å². The van der Waals surface area contributed by atoms with Crippen LogP contribution in [0, 0.1) is 6.92 Å². The highest BCUT2D eigenvalue weighted by Gasteiger charge is 2.23. The molecule has 320 valence electrons. The first-order valence-corrected chi connectivity index (χ1v) is 23.8. The lowest BCUT2D eigenvalue weighted by molar-refractivity contribution is 0.669. The Bertz CT molecular complexity index is 4550. The Kier molecular flexibility index (Phi) is 7.99. The fourth-order valence-electron chi connectivity index (χ4n) is 12.0. The van der Waals surface area contributed by atoms with E-state index in [-0.39, 0.29) is 0 Å². The third kappa shape index (κ3) is 5.47. The van der Waals surface area contributed by atoms with Gasteiger partial charge in [-0.1, -0.05) is 176 Å². The van der Waals surface area contributed by atoms with E-state index in [0.29, 0.717) is 0 Å². The standard InChI is InChI=1S/C66H40N2O/c1-39-67-59-28-14-15-29-60(59)68(39)42-33-30-40(31-34-42)63-47-20-6-10-24-51(47)65(52-25-11-7-21-48(52)63)66-53-26-12-8-22-49(53)64(50-23-9-13-27-54(50)66)41-32-35-61-57(36-41)58-37-55-45-18-4-2-16-43(45)44-17-3-5-19-46(44)56(55)38-62(58)69-61/h2-38H,1H3. The van der Waals surface area contributed by atoms with Crippen molar-refractivity contribution in [2.45, 2.75) is 6.92 Å². The number of hydrogen-bond acceptors (Lipinski definition) is 2. The van der Waals surface area contributed by atoms with Crippen LogP contribution in [0.5, 0.6) is 0 Å². The fraction of sp³-hybridized carbons (Fsp3) is 0.0152. The van der Waals surface area contributed by atoms with Crippen LogP contribution in [-0.2, 0) is 0 Å². The average Bonchev–Trinajstić information content (AvgIpc) is 3.95. The van der Waals surface area contributed by atoms with Crippen LogP contribution in [-0.4, -0.2) is 9.55 Å². The van der Waals surface area contributed by atoms with E-state index < -0.39 is 0 Å². The van der Waals surface area contributed by atoms with Crippen molar-refractivity contribution in [3.63, 3.8) is 0 Å². The summed E-state index contributed by atoms with van der Waals surface area (Å²) >= 11 is 0. The van der Waals surface area contributed by atoms with E-state index in [4.69, 9.17) is 9.40 Å². The SMILES string of the molecule is Cc1nc2ccccc2n1-c1ccc(-c2c3ccccc3c(-c3c4ccccc4c(-c4ccc5oc6cc7c8ccccc8c8ccccc8c7cc6c5c4)c4ccccc34)c3ccccc23)cc1. The van der Waals surface area contributed by atoms with E-state index >= 15 is 0 Å². The second-order valence-electron chi connectivity index (χ2n) is 18.5. The van der Waals surface area contributed by atoms with Crippen LogP contribution in [0.1, 0.15) is 5.82 Å². The summed E-state index contributed by atoms with van der Waals surface area (Å²) in [5.41, 5.74) is 12.3. The quantitative estimate of drug-likeness (QED) is 0.130. The van der Waals surface area contributed by atoms with Gasteiger partial charge >= 0.3 is 0 Å². The molecule has 0 saturated heterocycles. The number of imidazole rings is 1. The van der Waals surface area contributed by atoms with E-state index in [0.717, 1.165) is 44.5 Å². The van der Waals surface area contributed by atoms with Gasteiger partial charge in [0.2, 0.25) is 0 Å². The number of fused-ring (bicyclic) bond motifs is 14. The highest BCUT2D eigenvalue weighted by atomic mass is 16.3. The smallest absolute Gasteiger partial charge is 0.136 e. The van der Waals surface area contributed by atoms with Crippen LogP contribution >= 0.6 is 0 Å². The van der Waals surface area contributed by atoms with Crippen molar-refractivity contribution < 1.29 is 4.42 Å². The van der Waals surface area contributed by atoms with Gasteiger partial charge in [0.25, 0.3) is 0 Å². The zero-order chi connectivity index (χ0) is 45.3. The lowest BCUT2D eigenvalue weighted by Crippen LogP contribution is -1.97. The molecule has 15 rings (SSSR count). The Balaban J connectivity index is 0.958. The number of nitrogens with zero attached hydrogens (tertiary/aromatic N) is 2. The molecule has 0 unspecified atom stereocenters. The molecule has 15 aromatic rings. The number of benzene rings is 13. The summed E-state index contributed by atoms with van der Waals surface area (Å²) in [5.74, 6) is 0.974. The fourth-order valence-corrected chi connectivity index (χ4v) is 12.0. The van der Waals surface area contributed by atoms with Crippen molar-refractivity contribution in [3.05, 3.63) is 230 Å². The maximum absolute atomic E-state index is 6.73. The average molecular weight is 877 g/mol. The minimum atomic E-state index is 0.890. The summed E-state index contributed by atoms with van der Waals surface area (Å²) in [6.07, 6.45) is 0. The van der Waals surface area contributed by atoms with Gasteiger partial charge in [0.1, 0.15) is 17.0 Å². The summed E-state index contributed by atoms with van der Waals surface area (Å²) in [5, 5.41) is 19.5. The molecule has 2 aromatic heterocycles. The minimum Gasteiger partial charge on any atom is -0.456 e. The lowest BCUT2D eigenvalue weighted by atomic mass is 9.81. The molecule has 69 heavy (non-hydrogen) atoms. The topological polar surface area (TPSA) is 31.0 Å². The van der Waals surface area contributed by atoms with Gasteiger partial charge in [0.15, 0.2) is 0 Å². The van der Waals surface area contributed by atoms with Gasteiger partial charge in [-0.2, -0.15) is 0 Å². The van der Waals surface area contributed by atoms with Gasteiger partial charge in [-0.3, -0.25) is 4.57 Å². The molecule has 0 N–H and O–H groups in total. The maximum atomic E-state index is 6.73. The Hall–Kier alpha value is -9.05. The van der Waals surface area contributed by atoms with Crippen LogP contribution in [0.3, 0.4) is 0 Å². The molecule has 2 heterocycles. The van der Waals surface area contributed by atoms with Crippen molar-refractivity contribution in [2.24, 2.45) is 0 Å². The van der Waals surface area contributed by atoms with E-state index in [9.17, 15) is 0 Å². The molecule has 0 saturated carbocycles. The van der Waals surface area contributed by atoms with E-state index in [2.05, 4.69) is 236 Å². The number of hydrogen-bond donors (Lipinski definition) is 0. The van der Waals surface area contributed by atoms with Crippen LogP contribution < -0.4 is 0 Å². The highest BCUT2D eigenvalue weighted by molar-refractivity contribution is 6.31. The van der Waals surface area contributed by atoms with E-state index in [1.165, 1.54) is 109 Å². The van der Waals surface area contributed by atoms with Gasteiger partial charge in [-0.25, -0.2) is 4.98 Å². The zero-order valence-corrected chi connectivity index (χ0v) is 37.7. The Labute approximate surface area is 396 Å². The first-order valence-electron chi connectivity index (χ1n) is 23.8. The molecule has 0 aliphatic heterocycles. The summed E-state index contributed by atoms with van der Waals surface area (Å²) in [4.78, 5) is 4.86. The van der Waals surface area contributed by atoms with Crippen molar-refractivity contribution in [1.29, 1.82) is 0 Å². The number of para-hydroxylation sites is 2. The van der Waals surface area contributed by atoms with Gasteiger partial charge in [-0.15, -0.1) is 0 Å². The van der Waals surface area contributed by atoms with Gasteiger partial charge < -0.3 is 4.42 Å². The number of aromatic nitrogens is 2. The highest BCUT2D eigenvalue weighted by Crippen LogP contribution is 2.51. The molecule has 0 radical (unpaired) electrons. The second-order valence-corrected chi connectivity index (χ2v) is 18.5. The lowest BCUT2D eigenvalue weighted by Gasteiger charge is -2.22. The third-order valence-electron chi connectivity index (χ3n) is 14.9. The number of rotatable bonds is 4. The third-order valence-corrected chi connectivity index (χ3v) is 14.9. The predicted octanol–water partition coefficient (Wildman–Crippen LogP) is 18.3. The molecule has 0 aliphatic carbocycles. The molecule has 0 fully saturated rings. The van der Waals surface area contributed by atoms with Crippen LogP contribution in [0.4, 0.5) is 0 Å². The predicted molar refractivity (Wildman–Crippen MR) is 292 cm³/mol. The van der Waals surface area contributed by atoms with Gasteiger partial charge in [0, 0.05) is 16.5 Å². The first-order chi connectivity index (χ1) is 34.2. The zero-order valence-electron chi connectivity index (χ0n) is 37.7. The molecule has 3 nitrogen and oxygen atoms in total. The normalized spacial score (nSPS) is 12.1. The number of furan rings is 1. The van der Waals surface area contributed by atoms with E-state index in [1.807, 2.05) is 0 Å². The van der Waals surface area contributed by atoms with Gasteiger partial charge in [0.05, 0.1) is 11.0 Å². The molecular weight excluding hydrogens is 837 g/mol. The first kappa shape index (κ1) is 38.1. The minimum absolute atomic E-state index is 0.890. The van der Waals surface area contributed by atoms with Crippen molar-refractivity contribution >= 4 is 108 Å². The molecular formula is C66H40N2O. The summed E-state index contributed by atoms with van der Waals surface area (Å²) < 4.78 is 8.98. The molecule has 0 aliphatic rings. The largest absolute Gasteiger partial charge is 0.456 e. The Morgan fingerprint density at radius 3 is 1.22 bits per heavy atom. The monoisotopic (exact) mass is 876 g/mol. The van der Waals surface area contributed by atoms with Crippen LogP contribution in [0.25, 0.3) is 147 Å². The summed E-state index contributed by atoms with van der Waals surface area (Å²) in [6.45, 7) is 2.08. The van der Waals surface area contributed by atoms with Gasteiger partial charge in [-0.05, 0) is 164 Å². The second kappa shape index (κ2) is 14.5. The van der Waals surface area contributed by atoms with Crippen LogP contribution in [0.15, 0.2) is 229 Å². The number of aryl methyl sites for hydroxylation is 1. The maximum Gasteiger partial charge on any atom is 0.136 e. The molecule has 13 aromatic carbocycles. The molecule has 0 atom stereocenters. The summed E-state index contributed by atoms with van der Waals surface area (Å²) in [7, 11) is 0. The Morgan fingerprint density at radius 1 is 0.304 bits per heavy atom. The molecule has 0 amide bonds. The summed E-state index contributed by atoms with van der Waals surface area (Å²) in [6, 6.07) is 82.4. The van der Waals surface area contributed by atoms with Crippen LogP contribution in [0.2, 0.25) is 0 Å². The Morgan fingerprint density at radius 2 is 0.696 bits per heavy atom.